The van der Waals surface area contributed by atoms with Gasteiger partial charge in [-0.3, -0.25) is 9.48 Å². The Kier molecular flexibility index (Phi) is 7.74. The summed E-state index contributed by atoms with van der Waals surface area (Å²) in [5.41, 5.74) is 3.49. The summed E-state index contributed by atoms with van der Waals surface area (Å²) >= 11 is 13.1. The maximum Gasteiger partial charge on any atom is 0.337 e. The summed E-state index contributed by atoms with van der Waals surface area (Å²) in [7, 11) is 3.47. The van der Waals surface area contributed by atoms with Crippen molar-refractivity contribution in [2.45, 2.75) is 13.1 Å². The van der Waals surface area contributed by atoms with Crippen LogP contribution in [0.25, 0.3) is 22.3 Å². The number of hydrogen-bond donors (Lipinski definition) is 1. The summed E-state index contributed by atoms with van der Waals surface area (Å²) in [6.07, 6.45) is 4.90. The van der Waals surface area contributed by atoms with Gasteiger partial charge in [-0.05, 0) is 29.8 Å². The number of benzene rings is 3. The highest BCUT2D eigenvalue weighted by Gasteiger charge is 2.29. The first-order chi connectivity index (χ1) is 21.1. The quantitative estimate of drug-likeness (QED) is 0.215. The molecule has 0 saturated carbocycles. The number of halogens is 3. The predicted octanol–water partition coefficient (Wildman–Crippen LogP) is 6.51. The van der Waals surface area contributed by atoms with Crippen LogP contribution in [0.5, 0.6) is 5.75 Å². The van der Waals surface area contributed by atoms with Gasteiger partial charge in [0, 0.05) is 48.6 Å². The minimum atomic E-state index is -1.27. The zero-order valence-corrected chi connectivity index (χ0v) is 24.9. The van der Waals surface area contributed by atoms with E-state index in [1.807, 2.05) is 6.20 Å². The first-order valence-corrected chi connectivity index (χ1v) is 14.1. The normalized spacial score (nSPS) is 12.5. The molecule has 1 aliphatic heterocycles. The Balaban J connectivity index is 1.31. The second-order valence-electron chi connectivity index (χ2n) is 10.3. The Morgan fingerprint density at radius 2 is 1.86 bits per heavy atom. The molecular weight excluding hydrogens is 612 g/mol. The fourth-order valence-corrected chi connectivity index (χ4v) is 5.84. The first kappa shape index (κ1) is 29.2. The van der Waals surface area contributed by atoms with Crippen molar-refractivity contribution in [2.75, 3.05) is 18.7 Å². The number of rotatable bonds is 7. The van der Waals surface area contributed by atoms with Crippen molar-refractivity contribution in [2.24, 2.45) is 7.05 Å². The Bertz CT molecular complexity index is 1890. The number of nitrogens with zero attached hydrogens (tertiary/aromatic N) is 5. The molecule has 1 N–H and O–H groups in total. The van der Waals surface area contributed by atoms with Gasteiger partial charge in [0.1, 0.15) is 23.5 Å². The number of carbonyl (C=O) groups is 2. The molecule has 0 fully saturated rings. The summed E-state index contributed by atoms with van der Waals surface area (Å²) in [5.74, 6) is -2.05. The molecule has 0 atom stereocenters. The van der Waals surface area contributed by atoms with Crippen molar-refractivity contribution >= 4 is 40.8 Å². The number of carboxylic acids is 1. The van der Waals surface area contributed by atoms with E-state index in [1.54, 1.807) is 66.3 Å². The van der Waals surface area contributed by atoms with Crippen LogP contribution in [0, 0.1) is 5.82 Å². The van der Waals surface area contributed by atoms with E-state index < -0.39 is 17.7 Å². The van der Waals surface area contributed by atoms with Crippen molar-refractivity contribution in [3.8, 4) is 28.0 Å². The standard InChI is InChI=1S/C31H24Cl2FN5O5/c1-37(15-20-6-7-44-36-20)27-11-22(26(34)10-23(27)31(41)42)21-5-3-4-17-14-39(16-43-29(17)21)30(40)28-24(32)8-18(9-25(28)33)19-12-35-38(2)13-19/h3-13H,14-16H2,1-2H3,(H,41,42). The van der Waals surface area contributed by atoms with E-state index in [0.717, 1.165) is 17.2 Å². The molecule has 1 amide bonds. The number of aryl methyl sites for hydroxylation is 1. The molecule has 0 spiro atoms. The van der Waals surface area contributed by atoms with Crippen LogP contribution >= 0.6 is 23.2 Å². The number of ether oxygens (including phenoxy) is 1. The van der Waals surface area contributed by atoms with Gasteiger partial charge in [-0.25, -0.2) is 9.18 Å². The van der Waals surface area contributed by atoms with Crippen molar-refractivity contribution in [1.82, 2.24) is 19.8 Å². The fraction of sp³-hybridized carbons (Fsp3) is 0.161. The van der Waals surface area contributed by atoms with Gasteiger partial charge in [0.25, 0.3) is 5.91 Å². The van der Waals surface area contributed by atoms with Gasteiger partial charge in [-0.1, -0.05) is 46.6 Å². The highest BCUT2D eigenvalue weighted by atomic mass is 35.5. The molecule has 5 aromatic rings. The molecule has 13 heteroatoms. The zero-order valence-electron chi connectivity index (χ0n) is 23.4. The van der Waals surface area contributed by atoms with Crippen LogP contribution in [-0.4, -0.2) is 50.6 Å². The van der Waals surface area contributed by atoms with Crippen LogP contribution in [0.3, 0.4) is 0 Å². The molecular formula is C31H24Cl2FN5O5. The van der Waals surface area contributed by atoms with Gasteiger partial charge in [0.05, 0.1) is 46.1 Å². The van der Waals surface area contributed by atoms with E-state index in [2.05, 4.69) is 10.3 Å². The van der Waals surface area contributed by atoms with Crippen molar-refractivity contribution in [1.29, 1.82) is 0 Å². The molecule has 0 bridgehead atoms. The lowest BCUT2D eigenvalue weighted by Crippen LogP contribution is -2.37. The molecule has 0 radical (unpaired) electrons. The number of hydrogen-bond acceptors (Lipinski definition) is 7. The number of fused-ring (bicyclic) bond motifs is 1. The second-order valence-corrected chi connectivity index (χ2v) is 11.1. The van der Waals surface area contributed by atoms with E-state index in [0.29, 0.717) is 22.6 Å². The average Bonchev–Trinajstić information content (AvgIpc) is 3.67. The topological polar surface area (TPSA) is 114 Å². The van der Waals surface area contributed by atoms with E-state index in [-0.39, 0.29) is 52.2 Å². The van der Waals surface area contributed by atoms with Gasteiger partial charge in [0.15, 0.2) is 6.73 Å². The number of para-hydroxylation sites is 1. The Hall–Kier alpha value is -4.87. The molecule has 224 valence electrons. The summed E-state index contributed by atoms with van der Waals surface area (Å²) < 4.78 is 28.1. The summed E-state index contributed by atoms with van der Waals surface area (Å²) in [4.78, 5) is 28.7. The molecule has 0 saturated heterocycles. The second kappa shape index (κ2) is 11.7. The smallest absolute Gasteiger partial charge is 0.337 e. The van der Waals surface area contributed by atoms with Crippen molar-refractivity contribution < 1.29 is 28.3 Å². The lowest BCUT2D eigenvalue weighted by molar-refractivity contribution is 0.0516. The van der Waals surface area contributed by atoms with Crippen LogP contribution in [0.4, 0.5) is 10.1 Å². The zero-order chi connectivity index (χ0) is 31.1. The van der Waals surface area contributed by atoms with Crippen molar-refractivity contribution in [3.63, 3.8) is 0 Å². The molecule has 2 aromatic heterocycles. The minimum absolute atomic E-state index is 0.138. The minimum Gasteiger partial charge on any atom is -0.478 e. The third kappa shape index (κ3) is 5.47. The highest BCUT2D eigenvalue weighted by Crippen LogP contribution is 2.41. The monoisotopic (exact) mass is 635 g/mol. The molecule has 1 aliphatic rings. The lowest BCUT2D eigenvalue weighted by atomic mass is 9.97. The number of aromatic carboxylic acids is 1. The summed E-state index contributed by atoms with van der Waals surface area (Å²) in [6.45, 7) is 0.233. The number of carboxylic acid groups (broad SMARTS) is 1. The van der Waals surface area contributed by atoms with Gasteiger partial charge in [-0.2, -0.15) is 5.10 Å². The van der Waals surface area contributed by atoms with E-state index >= 15 is 4.39 Å². The molecule has 0 aliphatic carbocycles. The molecule has 0 unspecified atom stereocenters. The molecule has 6 rings (SSSR count). The van der Waals surface area contributed by atoms with Gasteiger partial charge in [-0.15, -0.1) is 0 Å². The average molecular weight is 636 g/mol. The number of amides is 1. The molecule has 10 nitrogen and oxygen atoms in total. The Morgan fingerprint density at radius 3 is 2.52 bits per heavy atom. The third-order valence-corrected chi connectivity index (χ3v) is 7.91. The van der Waals surface area contributed by atoms with Gasteiger partial charge >= 0.3 is 5.97 Å². The molecule has 3 heterocycles. The van der Waals surface area contributed by atoms with E-state index in [1.165, 1.54) is 17.2 Å². The molecule has 44 heavy (non-hydrogen) atoms. The fourth-order valence-electron chi connectivity index (χ4n) is 5.19. The van der Waals surface area contributed by atoms with Gasteiger partial charge in [0.2, 0.25) is 0 Å². The van der Waals surface area contributed by atoms with Crippen LogP contribution < -0.4 is 9.64 Å². The largest absolute Gasteiger partial charge is 0.478 e. The third-order valence-electron chi connectivity index (χ3n) is 7.31. The Morgan fingerprint density at radius 1 is 1.09 bits per heavy atom. The van der Waals surface area contributed by atoms with Crippen LogP contribution in [0.2, 0.25) is 10.0 Å². The van der Waals surface area contributed by atoms with Crippen LogP contribution in [-0.2, 0) is 20.1 Å². The number of aromatic nitrogens is 3. The number of carbonyl (C=O) groups excluding carboxylic acids is 1. The first-order valence-electron chi connectivity index (χ1n) is 13.3. The van der Waals surface area contributed by atoms with Crippen molar-refractivity contribution in [3.05, 3.63) is 105 Å². The maximum absolute atomic E-state index is 15.5. The highest BCUT2D eigenvalue weighted by molar-refractivity contribution is 6.40. The van der Waals surface area contributed by atoms with E-state index in [4.69, 9.17) is 32.5 Å². The molecule has 3 aromatic carbocycles. The SMILES string of the molecule is CN(Cc1ccon1)c1cc(-c2cccc3c2OCN(C(=O)c2c(Cl)cc(-c4cnn(C)c4)cc2Cl)C3)c(F)cc1C(=O)O. The summed E-state index contributed by atoms with van der Waals surface area (Å²) in [5, 5.41) is 18.2. The predicted molar refractivity (Wildman–Crippen MR) is 161 cm³/mol. The van der Waals surface area contributed by atoms with Gasteiger partial charge < -0.3 is 24.2 Å². The van der Waals surface area contributed by atoms with Crippen LogP contribution in [0.15, 0.2) is 71.7 Å². The number of anilines is 1. The maximum atomic E-state index is 15.5. The lowest BCUT2D eigenvalue weighted by Gasteiger charge is -2.31. The van der Waals surface area contributed by atoms with Crippen LogP contribution in [0.1, 0.15) is 32.0 Å². The summed E-state index contributed by atoms with van der Waals surface area (Å²) in [6, 6.07) is 12.6. The van der Waals surface area contributed by atoms with E-state index in [9.17, 15) is 14.7 Å². The Labute approximate surface area is 260 Å².